The zero-order valence-corrected chi connectivity index (χ0v) is 14.9. The molecule has 0 unspecified atom stereocenters. The van der Waals surface area contributed by atoms with E-state index >= 15 is 0 Å². The van der Waals surface area contributed by atoms with Gasteiger partial charge in [-0.05, 0) is 49.1 Å². The summed E-state index contributed by atoms with van der Waals surface area (Å²) in [4.78, 5) is 11.8. The molecule has 3 rings (SSSR count). The number of carbonyl (C=O) groups excluding carboxylic acids is 1. The van der Waals surface area contributed by atoms with Crippen LogP contribution < -0.4 is 10.0 Å². The number of amides is 1. The molecular formula is C18H17F3N2O3S. The van der Waals surface area contributed by atoms with Crippen molar-refractivity contribution in [1.29, 1.82) is 0 Å². The van der Waals surface area contributed by atoms with Gasteiger partial charge in [0, 0.05) is 6.54 Å². The van der Waals surface area contributed by atoms with Crippen molar-refractivity contribution in [2.45, 2.75) is 23.9 Å². The Morgan fingerprint density at radius 1 is 1.07 bits per heavy atom. The number of benzene rings is 2. The molecule has 1 aliphatic rings. The van der Waals surface area contributed by atoms with E-state index in [-0.39, 0.29) is 11.3 Å². The molecule has 144 valence electrons. The number of nitrogens with one attached hydrogen (secondary N) is 2. The molecule has 5 nitrogen and oxygen atoms in total. The summed E-state index contributed by atoms with van der Waals surface area (Å²) in [6.07, 6.45) is -2.57. The Kier molecular flexibility index (Phi) is 5.14. The Labute approximate surface area is 154 Å². The molecule has 0 heterocycles. The maximum atomic E-state index is 12.8. The highest BCUT2D eigenvalue weighted by Gasteiger charge is 2.32. The van der Waals surface area contributed by atoms with Gasteiger partial charge in [-0.2, -0.15) is 13.2 Å². The van der Waals surface area contributed by atoms with Crippen molar-refractivity contribution < 1.29 is 26.4 Å². The molecular weight excluding hydrogens is 381 g/mol. The lowest BCUT2D eigenvalue weighted by atomic mass is 10.1. The predicted molar refractivity (Wildman–Crippen MR) is 93.8 cm³/mol. The minimum atomic E-state index is -4.66. The third kappa shape index (κ3) is 4.79. The molecule has 0 aliphatic heterocycles. The Morgan fingerprint density at radius 2 is 1.78 bits per heavy atom. The van der Waals surface area contributed by atoms with Crippen LogP contribution in [0.15, 0.2) is 53.4 Å². The van der Waals surface area contributed by atoms with Crippen LogP contribution in [0.1, 0.15) is 28.8 Å². The fraction of sp³-hybridized carbons (Fsp3) is 0.278. The van der Waals surface area contributed by atoms with Crippen molar-refractivity contribution in [3.8, 4) is 0 Å². The summed E-state index contributed by atoms with van der Waals surface area (Å²) in [5, 5.41) is 2.73. The minimum absolute atomic E-state index is 0.00297. The zero-order valence-electron chi connectivity index (χ0n) is 14.1. The molecule has 2 aromatic carbocycles. The quantitative estimate of drug-likeness (QED) is 0.780. The lowest BCUT2D eigenvalue weighted by Crippen LogP contribution is -2.27. The lowest BCUT2D eigenvalue weighted by Gasteiger charge is -2.14. The third-order valence-electron chi connectivity index (χ3n) is 4.14. The van der Waals surface area contributed by atoms with E-state index < -0.39 is 32.6 Å². The van der Waals surface area contributed by atoms with E-state index in [2.05, 4.69) is 10.0 Å². The normalized spacial score (nSPS) is 14.6. The average Bonchev–Trinajstić information content (AvgIpc) is 3.44. The molecule has 2 aromatic rings. The van der Waals surface area contributed by atoms with Gasteiger partial charge in [0.15, 0.2) is 0 Å². The fourth-order valence-corrected chi connectivity index (χ4v) is 3.59. The summed E-state index contributed by atoms with van der Waals surface area (Å²) in [6, 6.07) is 9.37. The number of halogens is 3. The molecule has 0 bridgehead atoms. The first-order chi connectivity index (χ1) is 12.7. The van der Waals surface area contributed by atoms with Gasteiger partial charge >= 0.3 is 6.18 Å². The van der Waals surface area contributed by atoms with Crippen molar-refractivity contribution in [2.24, 2.45) is 5.92 Å². The second-order valence-corrected chi connectivity index (χ2v) is 8.01. The van der Waals surface area contributed by atoms with Crippen LogP contribution in [0.25, 0.3) is 0 Å². The van der Waals surface area contributed by atoms with Gasteiger partial charge < -0.3 is 5.32 Å². The van der Waals surface area contributed by atoms with Crippen LogP contribution in [0.5, 0.6) is 0 Å². The van der Waals surface area contributed by atoms with Gasteiger partial charge in [-0.3, -0.25) is 9.52 Å². The number of sulfonamides is 1. The van der Waals surface area contributed by atoms with Gasteiger partial charge in [0.05, 0.1) is 21.7 Å². The third-order valence-corrected chi connectivity index (χ3v) is 5.50. The first-order valence-electron chi connectivity index (χ1n) is 8.24. The maximum absolute atomic E-state index is 12.8. The summed E-state index contributed by atoms with van der Waals surface area (Å²) < 4.78 is 65.8. The molecule has 0 saturated heterocycles. The van der Waals surface area contributed by atoms with E-state index in [1.165, 1.54) is 18.2 Å². The van der Waals surface area contributed by atoms with Gasteiger partial charge in [-0.1, -0.05) is 18.2 Å². The topological polar surface area (TPSA) is 75.3 Å². The Bertz CT molecular complexity index is 954. The highest BCUT2D eigenvalue weighted by Crippen LogP contribution is 2.31. The number of rotatable bonds is 6. The summed E-state index contributed by atoms with van der Waals surface area (Å²) in [5.74, 6) is 0.00662. The molecule has 0 radical (unpaired) electrons. The second kappa shape index (κ2) is 7.22. The van der Waals surface area contributed by atoms with Crippen LogP contribution in [-0.4, -0.2) is 20.9 Å². The standard InChI is InChI=1S/C18H17F3N2O3S/c19-18(20,21)13-4-3-5-14(10-13)27(25,26)23-16-7-2-1-6-15(16)17(24)22-11-12-8-9-12/h1-7,10,12,23H,8-9,11H2,(H,22,24). The number of anilines is 1. The smallest absolute Gasteiger partial charge is 0.352 e. The van der Waals surface area contributed by atoms with Crippen LogP contribution in [0, 0.1) is 5.92 Å². The monoisotopic (exact) mass is 398 g/mol. The Hall–Kier alpha value is -2.55. The fourth-order valence-electron chi connectivity index (χ4n) is 2.47. The van der Waals surface area contributed by atoms with Crippen LogP contribution in [0.3, 0.4) is 0 Å². The molecule has 0 aromatic heterocycles. The van der Waals surface area contributed by atoms with E-state index in [1.807, 2.05) is 0 Å². The first-order valence-corrected chi connectivity index (χ1v) is 9.72. The Balaban J connectivity index is 1.85. The summed E-state index contributed by atoms with van der Waals surface area (Å²) in [5.41, 5.74) is -0.960. The molecule has 27 heavy (non-hydrogen) atoms. The molecule has 9 heteroatoms. The van der Waals surface area contributed by atoms with E-state index in [0.717, 1.165) is 31.0 Å². The lowest BCUT2D eigenvalue weighted by molar-refractivity contribution is -0.137. The Morgan fingerprint density at radius 3 is 2.44 bits per heavy atom. The first kappa shape index (κ1) is 19.2. The van der Waals surface area contributed by atoms with E-state index in [9.17, 15) is 26.4 Å². The molecule has 2 N–H and O–H groups in total. The minimum Gasteiger partial charge on any atom is -0.352 e. The number of para-hydroxylation sites is 1. The van der Waals surface area contributed by atoms with Crippen molar-refractivity contribution >= 4 is 21.6 Å². The number of hydrogen-bond donors (Lipinski definition) is 2. The number of alkyl halides is 3. The van der Waals surface area contributed by atoms with E-state index in [4.69, 9.17) is 0 Å². The van der Waals surface area contributed by atoms with Gasteiger partial charge in [0.25, 0.3) is 15.9 Å². The zero-order chi connectivity index (χ0) is 19.7. The van der Waals surface area contributed by atoms with Crippen molar-refractivity contribution in [3.05, 3.63) is 59.7 Å². The van der Waals surface area contributed by atoms with Gasteiger partial charge in [0.1, 0.15) is 0 Å². The molecule has 1 amide bonds. The number of hydrogen-bond acceptors (Lipinski definition) is 3. The molecule has 1 fully saturated rings. The summed E-state index contributed by atoms with van der Waals surface area (Å²) in [7, 11) is -4.30. The van der Waals surface area contributed by atoms with Crippen molar-refractivity contribution in [2.75, 3.05) is 11.3 Å². The van der Waals surface area contributed by atoms with Crippen LogP contribution in [0.4, 0.5) is 18.9 Å². The molecule has 1 aliphatic carbocycles. The van der Waals surface area contributed by atoms with Crippen molar-refractivity contribution in [3.63, 3.8) is 0 Å². The van der Waals surface area contributed by atoms with Gasteiger partial charge in [0.2, 0.25) is 0 Å². The molecule has 1 saturated carbocycles. The predicted octanol–water partition coefficient (Wildman–Crippen LogP) is 3.65. The maximum Gasteiger partial charge on any atom is 0.416 e. The molecule has 0 atom stereocenters. The molecule has 0 spiro atoms. The van der Waals surface area contributed by atoms with Crippen LogP contribution in [-0.2, 0) is 16.2 Å². The number of carbonyl (C=O) groups is 1. The van der Waals surface area contributed by atoms with E-state index in [0.29, 0.717) is 18.5 Å². The second-order valence-electron chi connectivity index (χ2n) is 6.33. The SMILES string of the molecule is O=C(NCC1CC1)c1ccccc1NS(=O)(=O)c1cccc(C(F)(F)F)c1. The van der Waals surface area contributed by atoms with E-state index in [1.54, 1.807) is 6.07 Å². The van der Waals surface area contributed by atoms with Crippen LogP contribution in [0.2, 0.25) is 0 Å². The highest BCUT2D eigenvalue weighted by molar-refractivity contribution is 7.92. The van der Waals surface area contributed by atoms with Gasteiger partial charge in [-0.15, -0.1) is 0 Å². The summed E-state index contributed by atoms with van der Waals surface area (Å²) in [6.45, 7) is 0.507. The highest BCUT2D eigenvalue weighted by atomic mass is 32.2. The largest absolute Gasteiger partial charge is 0.416 e. The summed E-state index contributed by atoms with van der Waals surface area (Å²) >= 11 is 0. The van der Waals surface area contributed by atoms with Crippen molar-refractivity contribution in [1.82, 2.24) is 5.32 Å². The van der Waals surface area contributed by atoms with Crippen LogP contribution >= 0.6 is 0 Å². The average molecular weight is 398 g/mol. The van der Waals surface area contributed by atoms with Gasteiger partial charge in [-0.25, -0.2) is 8.42 Å².